The molecule has 15 heavy (non-hydrogen) atoms. The number of benzene rings is 1. The van der Waals surface area contributed by atoms with E-state index in [1.54, 1.807) is 13.2 Å². The molecular weight excluding hydrogens is 196 g/mol. The summed E-state index contributed by atoms with van der Waals surface area (Å²) in [5.41, 5.74) is 0.753. The van der Waals surface area contributed by atoms with E-state index in [2.05, 4.69) is 15.5 Å². The van der Waals surface area contributed by atoms with Gasteiger partial charge in [0.25, 0.3) is 0 Å². The highest BCUT2D eigenvalue weighted by Gasteiger charge is 2.06. The average molecular weight is 206 g/mol. The zero-order valence-corrected chi connectivity index (χ0v) is 8.16. The van der Waals surface area contributed by atoms with Crippen molar-refractivity contribution in [2.24, 2.45) is 0 Å². The molecule has 0 amide bonds. The van der Waals surface area contributed by atoms with Crippen molar-refractivity contribution in [2.45, 2.75) is 6.61 Å². The lowest BCUT2D eigenvalue weighted by molar-refractivity contribution is 0.268. The van der Waals surface area contributed by atoms with E-state index in [1.165, 1.54) is 4.68 Å². The number of aliphatic hydroxyl groups excluding tert-OH is 1. The Bertz CT molecular complexity index is 455. The van der Waals surface area contributed by atoms with Crippen molar-refractivity contribution in [3.8, 4) is 11.4 Å². The lowest BCUT2D eigenvalue weighted by Gasteiger charge is -2.04. The smallest absolute Gasteiger partial charge is 0.182 e. The summed E-state index contributed by atoms with van der Waals surface area (Å²) in [5.74, 6) is 1.11. The van der Waals surface area contributed by atoms with Crippen molar-refractivity contribution < 1.29 is 9.84 Å². The van der Waals surface area contributed by atoms with Crippen molar-refractivity contribution in [3.05, 3.63) is 30.1 Å². The number of aliphatic hydroxyl groups is 1. The highest BCUT2D eigenvalue weighted by atomic mass is 16.5. The van der Waals surface area contributed by atoms with Crippen LogP contribution in [0.3, 0.4) is 0 Å². The second-order valence-corrected chi connectivity index (χ2v) is 2.87. The van der Waals surface area contributed by atoms with Gasteiger partial charge in [0.15, 0.2) is 5.82 Å². The van der Waals surface area contributed by atoms with Gasteiger partial charge in [-0.15, -0.1) is 5.10 Å². The molecule has 2 rings (SSSR count). The molecule has 0 radical (unpaired) electrons. The number of ether oxygens (including phenoxy) is 1. The third-order valence-electron chi connectivity index (χ3n) is 1.97. The number of tetrazole rings is 1. The number of aromatic nitrogens is 4. The van der Waals surface area contributed by atoms with Gasteiger partial charge in [0.05, 0.1) is 12.8 Å². The maximum atomic E-state index is 9.00. The molecule has 6 nitrogen and oxygen atoms in total. The summed E-state index contributed by atoms with van der Waals surface area (Å²) in [6.07, 6.45) is 0. The van der Waals surface area contributed by atoms with Gasteiger partial charge in [-0.05, 0) is 22.6 Å². The zero-order valence-electron chi connectivity index (χ0n) is 8.16. The Morgan fingerprint density at radius 3 is 3.07 bits per heavy atom. The average Bonchev–Trinajstić information content (AvgIpc) is 2.77. The summed E-state index contributed by atoms with van der Waals surface area (Å²) >= 11 is 0. The van der Waals surface area contributed by atoms with Crippen LogP contribution in [-0.2, 0) is 6.61 Å². The Morgan fingerprint density at radius 1 is 1.47 bits per heavy atom. The fraction of sp³-hybridized carbons (Fsp3) is 0.222. The molecule has 1 aromatic heterocycles. The van der Waals surface area contributed by atoms with Gasteiger partial charge in [-0.1, -0.05) is 6.07 Å². The second kappa shape index (κ2) is 4.05. The largest absolute Gasteiger partial charge is 0.497 e. The van der Waals surface area contributed by atoms with Crippen molar-refractivity contribution in [1.29, 1.82) is 0 Å². The minimum absolute atomic E-state index is 0.204. The van der Waals surface area contributed by atoms with Crippen LogP contribution < -0.4 is 4.74 Å². The third kappa shape index (κ3) is 1.79. The van der Waals surface area contributed by atoms with Crippen LogP contribution in [0.4, 0.5) is 0 Å². The van der Waals surface area contributed by atoms with Crippen LogP contribution in [0.25, 0.3) is 5.69 Å². The maximum Gasteiger partial charge on any atom is 0.182 e. The van der Waals surface area contributed by atoms with Gasteiger partial charge < -0.3 is 9.84 Å². The molecular formula is C9H10N4O2. The molecule has 1 N–H and O–H groups in total. The number of nitrogens with zero attached hydrogens (tertiary/aromatic N) is 4. The molecule has 6 heteroatoms. The molecule has 0 saturated heterocycles. The molecule has 78 valence electrons. The number of hydrogen-bond acceptors (Lipinski definition) is 5. The fourth-order valence-corrected chi connectivity index (χ4v) is 1.25. The minimum atomic E-state index is -0.204. The normalized spacial score (nSPS) is 10.3. The fourth-order valence-electron chi connectivity index (χ4n) is 1.25. The Labute approximate surface area is 86.1 Å². The Morgan fingerprint density at radius 2 is 2.33 bits per heavy atom. The molecule has 1 heterocycles. The first-order valence-corrected chi connectivity index (χ1v) is 4.37. The first-order chi connectivity index (χ1) is 7.35. The topological polar surface area (TPSA) is 73.1 Å². The van der Waals surface area contributed by atoms with Gasteiger partial charge in [0, 0.05) is 6.07 Å². The maximum absolute atomic E-state index is 9.00. The molecule has 0 fully saturated rings. The summed E-state index contributed by atoms with van der Waals surface area (Å²) in [6, 6.07) is 7.27. The van der Waals surface area contributed by atoms with Crippen LogP contribution in [0.1, 0.15) is 5.82 Å². The van der Waals surface area contributed by atoms with E-state index in [9.17, 15) is 0 Å². The highest BCUT2D eigenvalue weighted by Crippen LogP contribution is 2.15. The molecule has 0 spiro atoms. The van der Waals surface area contributed by atoms with Gasteiger partial charge in [-0.25, -0.2) is 0 Å². The van der Waals surface area contributed by atoms with Crippen LogP contribution in [0.15, 0.2) is 24.3 Å². The predicted molar refractivity (Wildman–Crippen MR) is 51.6 cm³/mol. The molecule has 0 atom stereocenters. The van der Waals surface area contributed by atoms with Crippen LogP contribution in [0.2, 0.25) is 0 Å². The Hall–Kier alpha value is -1.95. The number of hydrogen-bond donors (Lipinski definition) is 1. The summed E-state index contributed by atoms with van der Waals surface area (Å²) in [5, 5.41) is 19.9. The molecule has 0 bridgehead atoms. The van der Waals surface area contributed by atoms with Crippen LogP contribution in [0, 0.1) is 0 Å². The molecule has 0 aliphatic carbocycles. The second-order valence-electron chi connectivity index (χ2n) is 2.87. The van der Waals surface area contributed by atoms with Crippen LogP contribution >= 0.6 is 0 Å². The Balaban J connectivity index is 2.44. The Kier molecular flexibility index (Phi) is 2.59. The van der Waals surface area contributed by atoms with Gasteiger partial charge in [-0.2, -0.15) is 4.68 Å². The highest BCUT2D eigenvalue weighted by molar-refractivity contribution is 5.38. The molecule has 1 aromatic carbocycles. The van der Waals surface area contributed by atoms with E-state index in [1.807, 2.05) is 18.2 Å². The minimum Gasteiger partial charge on any atom is -0.497 e. The van der Waals surface area contributed by atoms with E-state index in [-0.39, 0.29) is 6.61 Å². The first-order valence-electron chi connectivity index (χ1n) is 4.37. The van der Waals surface area contributed by atoms with E-state index < -0.39 is 0 Å². The third-order valence-corrected chi connectivity index (χ3v) is 1.97. The summed E-state index contributed by atoms with van der Waals surface area (Å²) in [6.45, 7) is -0.204. The first kappa shape index (κ1) is 9.60. The van der Waals surface area contributed by atoms with Crippen LogP contribution in [-0.4, -0.2) is 32.4 Å². The summed E-state index contributed by atoms with van der Waals surface area (Å²) in [4.78, 5) is 0. The lowest BCUT2D eigenvalue weighted by Crippen LogP contribution is -2.03. The van der Waals surface area contributed by atoms with Crippen molar-refractivity contribution in [3.63, 3.8) is 0 Å². The number of methoxy groups -OCH3 is 1. The molecule has 0 aliphatic rings. The van der Waals surface area contributed by atoms with Crippen molar-refractivity contribution >= 4 is 0 Å². The zero-order chi connectivity index (χ0) is 10.7. The quantitative estimate of drug-likeness (QED) is 0.774. The molecule has 0 unspecified atom stereocenters. The monoisotopic (exact) mass is 206 g/mol. The van der Waals surface area contributed by atoms with Gasteiger partial charge >= 0.3 is 0 Å². The standard InChI is InChI=1S/C9H10N4O2/c1-15-8-4-2-3-7(5-8)13-9(6-14)10-11-12-13/h2-5,14H,6H2,1H3. The lowest BCUT2D eigenvalue weighted by atomic mass is 10.3. The van der Waals surface area contributed by atoms with Gasteiger partial charge in [-0.3, -0.25) is 0 Å². The molecule has 2 aromatic rings. The number of rotatable bonds is 3. The summed E-state index contributed by atoms with van der Waals surface area (Å²) < 4.78 is 6.54. The predicted octanol–water partition coefficient (Wildman–Crippen LogP) is 0.163. The van der Waals surface area contributed by atoms with Gasteiger partial charge in [0.1, 0.15) is 12.4 Å². The van der Waals surface area contributed by atoms with Crippen molar-refractivity contribution in [1.82, 2.24) is 20.2 Å². The van der Waals surface area contributed by atoms with Gasteiger partial charge in [0.2, 0.25) is 0 Å². The SMILES string of the molecule is COc1cccc(-n2nnnc2CO)c1. The molecule has 0 saturated carbocycles. The summed E-state index contributed by atoms with van der Waals surface area (Å²) in [7, 11) is 1.59. The van der Waals surface area contributed by atoms with Crippen LogP contribution in [0.5, 0.6) is 5.75 Å². The van der Waals surface area contributed by atoms with E-state index >= 15 is 0 Å². The molecule has 0 aliphatic heterocycles. The van der Waals surface area contributed by atoms with E-state index in [0.29, 0.717) is 11.6 Å². The van der Waals surface area contributed by atoms with E-state index in [4.69, 9.17) is 9.84 Å². The van der Waals surface area contributed by atoms with E-state index in [0.717, 1.165) is 5.69 Å². The van der Waals surface area contributed by atoms with Crippen molar-refractivity contribution in [2.75, 3.05) is 7.11 Å².